The molecule has 2 aromatic carbocycles. The van der Waals surface area contributed by atoms with Crippen molar-refractivity contribution in [3.63, 3.8) is 0 Å². The van der Waals surface area contributed by atoms with E-state index in [0.717, 1.165) is 0 Å². The van der Waals surface area contributed by atoms with Gasteiger partial charge < -0.3 is 25.4 Å². The quantitative estimate of drug-likeness (QED) is 0.394. The SMILES string of the molecule is COc1cc(/C(N)=N/OC(C)C(=O)Nc2ccc(C)c(F)c2)ccc1OC(F)F. The summed E-state index contributed by atoms with van der Waals surface area (Å²) in [6.45, 7) is 0.0211. The fraction of sp³-hybridized carbons (Fsp3) is 0.263. The third-order valence-corrected chi connectivity index (χ3v) is 3.79. The first-order valence-corrected chi connectivity index (χ1v) is 8.40. The smallest absolute Gasteiger partial charge is 0.387 e. The van der Waals surface area contributed by atoms with Crippen molar-refractivity contribution in [1.82, 2.24) is 0 Å². The molecule has 0 saturated carbocycles. The number of carbonyl (C=O) groups excluding carboxylic acids is 1. The molecule has 2 rings (SSSR count). The Kier molecular flexibility index (Phi) is 7.29. The molecule has 3 N–H and O–H groups in total. The Balaban J connectivity index is 2.03. The van der Waals surface area contributed by atoms with Crippen molar-refractivity contribution >= 4 is 17.4 Å². The molecule has 29 heavy (non-hydrogen) atoms. The standard InChI is InChI=1S/C19H20F3N3O4/c1-10-4-6-13(9-14(10)20)24-18(26)11(2)29-25-17(23)12-5-7-15(28-19(21)22)16(8-12)27-3/h4-9,11,19H,1-3H3,(H2,23,25)(H,24,26). The second-order valence-corrected chi connectivity index (χ2v) is 5.92. The Labute approximate surface area is 165 Å². The molecular formula is C19H20F3N3O4. The number of benzene rings is 2. The molecule has 0 aliphatic heterocycles. The Morgan fingerprint density at radius 3 is 2.52 bits per heavy atom. The van der Waals surface area contributed by atoms with Gasteiger partial charge in [-0.3, -0.25) is 4.79 Å². The van der Waals surface area contributed by atoms with Gasteiger partial charge >= 0.3 is 6.61 Å². The van der Waals surface area contributed by atoms with Gasteiger partial charge in [0, 0.05) is 11.3 Å². The first kappa shape index (κ1) is 21.9. The number of nitrogens with zero attached hydrogens (tertiary/aromatic N) is 1. The zero-order chi connectivity index (χ0) is 21.6. The molecule has 0 saturated heterocycles. The molecule has 1 unspecified atom stereocenters. The van der Waals surface area contributed by atoms with E-state index in [0.29, 0.717) is 11.1 Å². The molecule has 10 heteroatoms. The topological polar surface area (TPSA) is 95.2 Å². The summed E-state index contributed by atoms with van der Waals surface area (Å²) in [6, 6.07) is 8.22. The first-order chi connectivity index (χ1) is 13.7. The maximum Gasteiger partial charge on any atom is 0.387 e. The molecule has 156 valence electrons. The van der Waals surface area contributed by atoms with Gasteiger partial charge in [0.05, 0.1) is 7.11 Å². The zero-order valence-electron chi connectivity index (χ0n) is 15.9. The van der Waals surface area contributed by atoms with Gasteiger partial charge in [0.1, 0.15) is 5.82 Å². The molecule has 0 radical (unpaired) electrons. The van der Waals surface area contributed by atoms with Crippen molar-refractivity contribution < 1.29 is 32.3 Å². The van der Waals surface area contributed by atoms with E-state index >= 15 is 0 Å². The lowest BCUT2D eigenvalue weighted by molar-refractivity contribution is -0.126. The van der Waals surface area contributed by atoms with Gasteiger partial charge in [-0.05, 0) is 49.7 Å². The maximum absolute atomic E-state index is 13.6. The Morgan fingerprint density at radius 2 is 1.90 bits per heavy atom. The lowest BCUT2D eigenvalue weighted by atomic mass is 10.2. The predicted molar refractivity (Wildman–Crippen MR) is 101 cm³/mol. The molecule has 0 heterocycles. The summed E-state index contributed by atoms with van der Waals surface area (Å²) in [5.41, 5.74) is 6.83. The van der Waals surface area contributed by atoms with E-state index in [4.69, 9.17) is 15.3 Å². The van der Waals surface area contributed by atoms with Gasteiger partial charge in [-0.1, -0.05) is 11.2 Å². The van der Waals surface area contributed by atoms with E-state index in [1.807, 2.05) is 0 Å². The lowest BCUT2D eigenvalue weighted by Gasteiger charge is -2.13. The molecule has 0 aromatic heterocycles. The number of hydrogen-bond donors (Lipinski definition) is 2. The van der Waals surface area contributed by atoms with Gasteiger partial charge in [-0.25, -0.2) is 4.39 Å². The minimum Gasteiger partial charge on any atom is -0.493 e. The number of aryl methyl sites for hydroxylation is 1. The van der Waals surface area contributed by atoms with Gasteiger partial charge in [0.25, 0.3) is 5.91 Å². The van der Waals surface area contributed by atoms with Gasteiger partial charge in [0.15, 0.2) is 17.3 Å². The first-order valence-electron chi connectivity index (χ1n) is 8.40. The Hall–Kier alpha value is -3.43. The third kappa shape index (κ3) is 6.03. The van der Waals surface area contributed by atoms with Crippen LogP contribution in [0.5, 0.6) is 11.5 Å². The van der Waals surface area contributed by atoms with Crippen molar-refractivity contribution in [2.45, 2.75) is 26.6 Å². The summed E-state index contributed by atoms with van der Waals surface area (Å²) in [7, 11) is 1.28. The highest BCUT2D eigenvalue weighted by Gasteiger charge is 2.16. The number of methoxy groups -OCH3 is 1. The van der Waals surface area contributed by atoms with E-state index < -0.39 is 24.4 Å². The summed E-state index contributed by atoms with van der Waals surface area (Å²) in [5.74, 6) is -1.28. The number of halogens is 3. The summed E-state index contributed by atoms with van der Waals surface area (Å²) >= 11 is 0. The minimum absolute atomic E-state index is 0.0214. The fourth-order valence-corrected chi connectivity index (χ4v) is 2.17. The van der Waals surface area contributed by atoms with Crippen molar-refractivity contribution in [3.05, 3.63) is 53.3 Å². The number of carbonyl (C=O) groups is 1. The van der Waals surface area contributed by atoms with Crippen molar-refractivity contribution in [2.24, 2.45) is 10.9 Å². The van der Waals surface area contributed by atoms with E-state index in [-0.39, 0.29) is 23.0 Å². The summed E-state index contributed by atoms with van der Waals surface area (Å²) < 4.78 is 47.6. The second kappa shape index (κ2) is 9.67. The maximum atomic E-state index is 13.6. The monoisotopic (exact) mass is 411 g/mol. The van der Waals surface area contributed by atoms with E-state index in [1.165, 1.54) is 44.4 Å². The number of anilines is 1. The number of nitrogens with two attached hydrogens (primary N) is 1. The molecule has 0 spiro atoms. The minimum atomic E-state index is -3.01. The lowest BCUT2D eigenvalue weighted by Crippen LogP contribution is -2.27. The van der Waals surface area contributed by atoms with Crippen LogP contribution in [0.25, 0.3) is 0 Å². The molecule has 0 bridgehead atoms. The third-order valence-electron chi connectivity index (χ3n) is 3.79. The number of oxime groups is 1. The molecule has 0 aliphatic carbocycles. The Morgan fingerprint density at radius 1 is 1.17 bits per heavy atom. The number of ether oxygens (including phenoxy) is 2. The summed E-state index contributed by atoms with van der Waals surface area (Å²) in [6.07, 6.45) is -1.04. The number of nitrogens with one attached hydrogen (secondary N) is 1. The van der Waals surface area contributed by atoms with Crippen LogP contribution < -0.4 is 20.5 Å². The van der Waals surface area contributed by atoms with E-state index in [2.05, 4.69) is 15.2 Å². The van der Waals surface area contributed by atoms with E-state index in [1.54, 1.807) is 13.0 Å². The summed E-state index contributed by atoms with van der Waals surface area (Å²) in [5, 5.41) is 6.17. The molecule has 1 atom stereocenters. The predicted octanol–water partition coefficient (Wildman–Crippen LogP) is 3.41. The molecule has 2 aromatic rings. The highest BCUT2D eigenvalue weighted by molar-refractivity contribution is 5.98. The van der Waals surface area contributed by atoms with Crippen LogP contribution in [0.2, 0.25) is 0 Å². The van der Waals surface area contributed by atoms with Gasteiger partial charge in [-0.2, -0.15) is 8.78 Å². The van der Waals surface area contributed by atoms with Crippen molar-refractivity contribution in [3.8, 4) is 11.5 Å². The average molecular weight is 411 g/mol. The van der Waals surface area contributed by atoms with Crippen LogP contribution in [0.4, 0.5) is 18.9 Å². The van der Waals surface area contributed by atoms with Gasteiger partial charge in [0.2, 0.25) is 6.10 Å². The number of alkyl halides is 2. The fourth-order valence-electron chi connectivity index (χ4n) is 2.17. The Bertz CT molecular complexity index is 906. The van der Waals surface area contributed by atoms with Crippen molar-refractivity contribution in [1.29, 1.82) is 0 Å². The average Bonchev–Trinajstić information content (AvgIpc) is 2.68. The highest BCUT2D eigenvalue weighted by atomic mass is 19.3. The van der Waals surface area contributed by atoms with Gasteiger partial charge in [-0.15, -0.1) is 0 Å². The number of hydrogen-bond acceptors (Lipinski definition) is 5. The van der Waals surface area contributed by atoms with Crippen LogP contribution in [0.3, 0.4) is 0 Å². The van der Waals surface area contributed by atoms with Crippen LogP contribution in [0, 0.1) is 12.7 Å². The summed E-state index contributed by atoms with van der Waals surface area (Å²) in [4.78, 5) is 17.2. The van der Waals surface area contributed by atoms with Crippen LogP contribution in [0.15, 0.2) is 41.6 Å². The molecule has 0 aliphatic rings. The second-order valence-electron chi connectivity index (χ2n) is 5.92. The number of amides is 1. The number of amidine groups is 1. The molecular weight excluding hydrogens is 391 g/mol. The van der Waals surface area contributed by atoms with Crippen LogP contribution in [-0.2, 0) is 9.63 Å². The normalized spacial score (nSPS) is 12.4. The highest BCUT2D eigenvalue weighted by Crippen LogP contribution is 2.29. The molecule has 0 fully saturated rings. The molecule has 1 amide bonds. The van der Waals surface area contributed by atoms with Crippen LogP contribution >= 0.6 is 0 Å². The number of rotatable bonds is 8. The molecule has 7 nitrogen and oxygen atoms in total. The van der Waals surface area contributed by atoms with Crippen molar-refractivity contribution in [2.75, 3.05) is 12.4 Å². The zero-order valence-corrected chi connectivity index (χ0v) is 15.9. The van der Waals surface area contributed by atoms with E-state index in [9.17, 15) is 18.0 Å². The van der Waals surface area contributed by atoms with Crippen LogP contribution in [-0.4, -0.2) is 31.6 Å². The largest absolute Gasteiger partial charge is 0.493 e. The van der Waals surface area contributed by atoms with Crippen LogP contribution in [0.1, 0.15) is 18.1 Å².